The second kappa shape index (κ2) is 6.59. The van der Waals surface area contributed by atoms with E-state index in [1.807, 2.05) is 18.8 Å². The van der Waals surface area contributed by atoms with Gasteiger partial charge >= 0.3 is 0 Å². The number of aromatic nitrogens is 2. The Morgan fingerprint density at radius 3 is 2.75 bits per heavy atom. The van der Waals surface area contributed by atoms with Gasteiger partial charge < -0.3 is 15.0 Å². The maximum Gasteiger partial charge on any atom is 0.131 e. The van der Waals surface area contributed by atoms with E-state index in [0.29, 0.717) is 6.04 Å². The third kappa shape index (κ3) is 3.15. The standard InChI is InChI=1S/C15H28N4O/c1-11-14(10-16-3)15(18(4)17-11)19(8-9-20-5)12(2)13-6-7-13/h12-13,16H,6-10H2,1-5H3. The van der Waals surface area contributed by atoms with E-state index in [9.17, 15) is 0 Å². The highest BCUT2D eigenvalue weighted by atomic mass is 16.5. The molecule has 0 saturated heterocycles. The SMILES string of the molecule is CNCc1c(C)nn(C)c1N(CCOC)C(C)C1CC1. The van der Waals surface area contributed by atoms with Crippen LogP contribution < -0.4 is 10.2 Å². The van der Waals surface area contributed by atoms with E-state index in [1.54, 1.807) is 7.11 Å². The van der Waals surface area contributed by atoms with Crippen molar-refractivity contribution in [2.45, 2.75) is 39.3 Å². The third-order valence-electron chi connectivity index (χ3n) is 4.27. The van der Waals surface area contributed by atoms with Crippen LogP contribution in [0.1, 0.15) is 31.0 Å². The van der Waals surface area contributed by atoms with Gasteiger partial charge in [-0.25, -0.2) is 0 Å². The summed E-state index contributed by atoms with van der Waals surface area (Å²) in [6, 6.07) is 0.551. The average molecular weight is 280 g/mol. The van der Waals surface area contributed by atoms with Crippen molar-refractivity contribution in [2.75, 3.05) is 32.2 Å². The molecular formula is C15H28N4O. The lowest BCUT2D eigenvalue weighted by Crippen LogP contribution is -2.39. The summed E-state index contributed by atoms with van der Waals surface area (Å²) in [5.41, 5.74) is 2.42. The quantitative estimate of drug-likeness (QED) is 0.787. The number of ether oxygens (including phenoxy) is 1. The highest BCUT2D eigenvalue weighted by Gasteiger charge is 2.34. The molecule has 5 nitrogen and oxygen atoms in total. The van der Waals surface area contributed by atoms with Gasteiger partial charge in [0, 0.05) is 38.9 Å². The molecule has 0 radical (unpaired) electrons. The van der Waals surface area contributed by atoms with E-state index in [4.69, 9.17) is 4.74 Å². The average Bonchev–Trinajstić information content (AvgIpc) is 3.21. The molecule has 1 aromatic rings. The van der Waals surface area contributed by atoms with Crippen LogP contribution in [0.2, 0.25) is 0 Å². The maximum absolute atomic E-state index is 5.30. The minimum Gasteiger partial charge on any atom is -0.383 e. The predicted molar refractivity (Wildman–Crippen MR) is 82.1 cm³/mol. The van der Waals surface area contributed by atoms with Gasteiger partial charge in [-0.3, -0.25) is 4.68 Å². The summed E-state index contributed by atoms with van der Waals surface area (Å²) in [5.74, 6) is 2.07. The van der Waals surface area contributed by atoms with Crippen molar-refractivity contribution < 1.29 is 4.74 Å². The molecule has 0 spiro atoms. The zero-order valence-corrected chi connectivity index (χ0v) is 13.4. The molecule has 1 fully saturated rings. The number of rotatable bonds is 8. The molecule has 1 heterocycles. The lowest BCUT2D eigenvalue weighted by atomic mass is 10.1. The number of aryl methyl sites for hydroxylation is 2. The molecular weight excluding hydrogens is 252 g/mol. The fourth-order valence-electron chi connectivity index (χ4n) is 2.96. The van der Waals surface area contributed by atoms with Crippen molar-refractivity contribution in [3.8, 4) is 0 Å². The number of anilines is 1. The van der Waals surface area contributed by atoms with Crippen LogP contribution in [0.3, 0.4) is 0 Å². The van der Waals surface area contributed by atoms with Crippen molar-refractivity contribution in [1.29, 1.82) is 0 Å². The van der Waals surface area contributed by atoms with Crippen molar-refractivity contribution >= 4 is 5.82 Å². The first kappa shape index (κ1) is 15.3. The summed E-state index contributed by atoms with van der Waals surface area (Å²) in [6.07, 6.45) is 2.70. The van der Waals surface area contributed by atoms with Gasteiger partial charge in [0.2, 0.25) is 0 Å². The van der Waals surface area contributed by atoms with E-state index < -0.39 is 0 Å². The Labute approximate surface area is 122 Å². The fraction of sp³-hybridized carbons (Fsp3) is 0.800. The van der Waals surface area contributed by atoms with E-state index in [-0.39, 0.29) is 0 Å². The normalized spacial score (nSPS) is 16.4. The molecule has 0 bridgehead atoms. The smallest absolute Gasteiger partial charge is 0.131 e. The van der Waals surface area contributed by atoms with E-state index in [2.05, 4.69) is 29.2 Å². The highest BCUT2D eigenvalue weighted by molar-refractivity contribution is 5.51. The Morgan fingerprint density at radius 2 is 2.20 bits per heavy atom. The Balaban J connectivity index is 2.30. The number of hydrogen-bond acceptors (Lipinski definition) is 4. The first-order chi connectivity index (χ1) is 9.60. The number of nitrogens with one attached hydrogen (secondary N) is 1. The zero-order valence-electron chi connectivity index (χ0n) is 13.4. The molecule has 1 aliphatic carbocycles. The summed E-state index contributed by atoms with van der Waals surface area (Å²) >= 11 is 0. The molecule has 20 heavy (non-hydrogen) atoms. The van der Waals surface area contributed by atoms with Crippen LogP contribution in [-0.2, 0) is 18.3 Å². The van der Waals surface area contributed by atoms with Crippen LogP contribution in [0.15, 0.2) is 0 Å². The topological polar surface area (TPSA) is 42.3 Å². The first-order valence-electron chi connectivity index (χ1n) is 7.52. The summed E-state index contributed by atoms with van der Waals surface area (Å²) < 4.78 is 7.33. The predicted octanol–water partition coefficient (Wildman–Crippen LogP) is 1.70. The number of nitrogens with zero attached hydrogens (tertiary/aromatic N) is 3. The Hall–Kier alpha value is -1.07. The van der Waals surface area contributed by atoms with Crippen molar-refractivity contribution in [3.05, 3.63) is 11.3 Å². The van der Waals surface area contributed by atoms with Gasteiger partial charge in [0.1, 0.15) is 5.82 Å². The minimum atomic E-state index is 0.551. The van der Waals surface area contributed by atoms with E-state index >= 15 is 0 Å². The van der Waals surface area contributed by atoms with Crippen LogP contribution in [-0.4, -0.2) is 43.1 Å². The minimum absolute atomic E-state index is 0.551. The summed E-state index contributed by atoms with van der Waals surface area (Å²) in [6.45, 7) is 6.95. The summed E-state index contributed by atoms with van der Waals surface area (Å²) in [5, 5.41) is 7.88. The van der Waals surface area contributed by atoms with Crippen LogP contribution in [0.5, 0.6) is 0 Å². The molecule has 114 valence electrons. The zero-order chi connectivity index (χ0) is 14.7. The largest absolute Gasteiger partial charge is 0.383 e. The second-order valence-corrected chi connectivity index (χ2v) is 5.81. The Bertz CT molecular complexity index is 439. The van der Waals surface area contributed by atoms with Gasteiger partial charge in [0.25, 0.3) is 0 Å². The number of hydrogen-bond donors (Lipinski definition) is 1. The molecule has 1 unspecified atom stereocenters. The summed E-state index contributed by atoms with van der Waals surface area (Å²) in [7, 11) is 5.80. The van der Waals surface area contributed by atoms with Crippen molar-refractivity contribution in [3.63, 3.8) is 0 Å². The molecule has 0 aliphatic heterocycles. The molecule has 1 atom stereocenters. The van der Waals surface area contributed by atoms with Crippen LogP contribution in [0.4, 0.5) is 5.82 Å². The van der Waals surface area contributed by atoms with Gasteiger partial charge in [-0.15, -0.1) is 0 Å². The monoisotopic (exact) mass is 280 g/mol. The maximum atomic E-state index is 5.30. The molecule has 0 amide bonds. The molecule has 1 aliphatic rings. The third-order valence-corrected chi connectivity index (χ3v) is 4.27. The molecule has 1 N–H and O–H groups in total. The molecule has 2 rings (SSSR count). The highest BCUT2D eigenvalue weighted by Crippen LogP contribution is 2.38. The molecule has 0 aromatic carbocycles. The van der Waals surface area contributed by atoms with E-state index in [0.717, 1.165) is 31.3 Å². The fourth-order valence-corrected chi connectivity index (χ4v) is 2.96. The number of methoxy groups -OCH3 is 1. The van der Waals surface area contributed by atoms with Gasteiger partial charge in [-0.05, 0) is 39.7 Å². The van der Waals surface area contributed by atoms with Crippen molar-refractivity contribution in [2.24, 2.45) is 13.0 Å². The van der Waals surface area contributed by atoms with E-state index in [1.165, 1.54) is 24.2 Å². The van der Waals surface area contributed by atoms with Crippen LogP contribution >= 0.6 is 0 Å². The second-order valence-electron chi connectivity index (χ2n) is 5.81. The van der Waals surface area contributed by atoms with Crippen LogP contribution in [0, 0.1) is 12.8 Å². The lowest BCUT2D eigenvalue weighted by molar-refractivity contribution is 0.202. The van der Waals surface area contributed by atoms with Gasteiger partial charge in [0.15, 0.2) is 0 Å². The van der Waals surface area contributed by atoms with Gasteiger partial charge in [-0.2, -0.15) is 5.10 Å². The van der Waals surface area contributed by atoms with Crippen molar-refractivity contribution in [1.82, 2.24) is 15.1 Å². The molecule has 1 aromatic heterocycles. The molecule has 5 heteroatoms. The Kier molecular flexibility index (Phi) is 5.05. The van der Waals surface area contributed by atoms with Gasteiger partial charge in [0.05, 0.1) is 12.3 Å². The molecule has 1 saturated carbocycles. The van der Waals surface area contributed by atoms with Gasteiger partial charge in [-0.1, -0.05) is 0 Å². The lowest BCUT2D eigenvalue weighted by Gasteiger charge is -2.32. The first-order valence-corrected chi connectivity index (χ1v) is 7.52. The summed E-state index contributed by atoms with van der Waals surface area (Å²) in [4.78, 5) is 2.48. The van der Waals surface area contributed by atoms with Crippen LogP contribution in [0.25, 0.3) is 0 Å². The Morgan fingerprint density at radius 1 is 1.50 bits per heavy atom.